The van der Waals surface area contributed by atoms with Gasteiger partial charge in [-0.25, -0.2) is 9.97 Å². The van der Waals surface area contributed by atoms with Crippen molar-refractivity contribution in [2.45, 2.75) is 91.4 Å². The van der Waals surface area contributed by atoms with Gasteiger partial charge >= 0.3 is 11.1 Å². The molecule has 8 heterocycles. The van der Waals surface area contributed by atoms with Crippen LogP contribution >= 0.6 is 0 Å². The van der Waals surface area contributed by atoms with E-state index in [0.717, 1.165) is 157 Å². The number of pyridine rings is 2. The van der Waals surface area contributed by atoms with Crippen LogP contribution in [0, 0.1) is 0 Å². The van der Waals surface area contributed by atoms with Gasteiger partial charge in [0.15, 0.2) is 0 Å². The SMILES string of the molecule is C1CCOC1.CC(C)(C)c1ccc(-c2nc3c(N4CCN(Cc5ccc(N)c(NCc6cccnc6)c5)CC4)cccc3[nH]2)cc1.CC(C)(C)c1ccc(-c2nc3c(N4CCN(Cc5ccc6[nH]c(=O)c(=O)n(Cc7cccnc7)c6c5)CC4)cccc3[nH]2)cc1. The van der Waals surface area contributed by atoms with Gasteiger partial charge in [-0.1, -0.05) is 126 Å². The summed E-state index contributed by atoms with van der Waals surface area (Å²) < 4.78 is 6.49. The number of benzene rings is 6. The highest BCUT2D eigenvalue weighted by Crippen LogP contribution is 2.34. The molecule has 17 nitrogen and oxygen atoms in total. The van der Waals surface area contributed by atoms with Crippen molar-refractivity contribution in [1.82, 2.24) is 49.3 Å². The van der Waals surface area contributed by atoms with E-state index in [9.17, 15) is 9.59 Å². The Hall–Kier alpha value is -9.42. The molecule has 3 aliphatic rings. The fourth-order valence-electron chi connectivity index (χ4n) is 12.2. The molecule has 468 valence electrons. The Kier molecular flexibility index (Phi) is 18.6. The van der Waals surface area contributed by atoms with Crippen LogP contribution in [0.1, 0.15) is 87.8 Å². The number of imidazole rings is 2. The van der Waals surface area contributed by atoms with E-state index in [1.165, 1.54) is 35.2 Å². The third-order valence-corrected chi connectivity index (χ3v) is 17.5. The molecule has 0 radical (unpaired) electrons. The quantitative estimate of drug-likeness (QED) is 0.0540. The number of nitrogens with one attached hydrogen (secondary N) is 4. The van der Waals surface area contributed by atoms with Gasteiger partial charge in [0, 0.05) is 121 Å². The lowest BCUT2D eigenvalue weighted by molar-refractivity contribution is 0.198. The Morgan fingerprint density at radius 2 is 1.02 bits per heavy atom. The lowest BCUT2D eigenvalue weighted by atomic mass is 9.87. The monoisotopic (exact) mass is 1220 g/mol. The highest BCUT2D eigenvalue weighted by Gasteiger charge is 2.24. The molecule has 3 fully saturated rings. The predicted molar refractivity (Wildman–Crippen MR) is 370 cm³/mol. The first kappa shape index (κ1) is 61.8. The van der Waals surface area contributed by atoms with Crippen LogP contribution in [0.25, 0.3) is 55.9 Å². The number of aromatic amines is 3. The molecule has 0 saturated carbocycles. The zero-order valence-electron chi connectivity index (χ0n) is 53.3. The number of nitrogens with zero attached hydrogens (tertiary/aromatic N) is 9. The number of nitrogen functional groups attached to an aromatic ring is 1. The van der Waals surface area contributed by atoms with Crippen LogP contribution in [-0.2, 0) is 41.7 Å². The van der Waals surface area contributed by atoms with Crippen LogP contribution < -0.4 is 32.0 Å². The van der Waals surface area contributed by atoms with E-state index in [4.69, 9.17) is 20.4 Å². The summed E-state index contributed by atoms with van der Waals surface area (Å²) in [4.78, 5) is 63.4. The second-order valence-electron chi connectivity index (χ2n) is 26.2. The third kappa shape index (κ3) is 14.9. The maximum Gasteiger partial charge on any atom is 0.317 e. The molecule has 5 aromatic heterocycles. The summed E-state index contributed by atoms with van der Waals surface area (Å²) >= 11 is 0. The van der Waals surface area contributed by atoms with Gasteiger partial charge in [-0.05, 0) is 118 Å². The average Bonchev–Trinajstić information content (AvgIpc) is 1.84. The molecule has 11 aromatic rings. The summed E-state index contributed by atoms with van der Waals surface area (Å²) in [7, 11) is 0. The number of anilines is 4. The van der Waals surface area contributed by atoms with Gasteiger partial charge in [-0.15, -0.1) is 0 Å². The lowest BCUT2D eigenvalue weighted by Crippen LogP contribution is -2.46. The summed E-state index contributed by atoms with van der Waals surface area (Å²) in [5.41, 5.74) is 24.1. The van der Waals surface area contributed by atoms with Crippen LogP contribution in [0.4, 0.5) is 22.7 Å². The van der Waals surface area contributed by atoms with E-state index in [-0.39, 0.29) is 17.4 Å². The van der Waals surface area contributed by atoms with Crippen molar-refractivity contribution in [3.63, 3.8) is 0 Å². The van der Waals surface area contributed by atoms with Gasteiger partial charge in [0.05, 0.1) is 51.4 Å². The first-order valence-electron chi connectivity index (χ1n) is 31.9. The molecule has 3 saturated heterocycles. The molecule has 6 aromatic carbocycles. The van der Waals surface area contributed by atoms with E-state index in [0.29, 0.717) is 17.6 Å². The molecule has 6 N–H and O–H groups in total. The largest absolute Gasteiger partial charge is 0.397 e. The molecule has 0 unspecified atom stereocenters. The van der Waals surface area contributed by atoms with Gasteiger partial charge in [0.1, 0.15) is 22.7 Å². The minimum Gasteiger partial charge on any atom is -0.397 e. The van der Waals surface area contributed by atoms with Gasteiger partial charge in [0.2, 0.25) is 0 Å². The molecule has 14 rings (SSSR count). The van der Waals surface area contributed by atoms with E-state index in [1.54, 1.807) is 23.2 Å². The Bertz CT molecular complexity index is 4350. The Morgan fingerprint density at radius 3 is 1.51 bits per heavy atom. The second kappa shape index (κ2) is 27.4. The van der Waals surface area contributed by atoms with Crippen molar-refractivity contribution in [2.24, 2.45) is 0 Å². The molecular formula is C74H84N14O3. The highest BCUT2D eigenvalue weighted by molar-refractivity contribution is 5.92. The average molecular weight is 1220 g/mol. The third-order valence-electron chi connectivity index (χ3n) is 17.5. The highest BCUT2D eigenvalue weighted by atomic mass is 16.5. The van der Waals surface area contributed by atoms with Gasteiger partial charge in [-0.2, -0.15) is 0 Å². The number of para-hydroxylation sites is 2. The topological polar surface area (TPSA) is 198 Å². The number of aromatic nitrogens is 8. The van der Waals surface area contributed by atoms with Crippen molar-refractivity contribution in [3.05, 3.63) is 224 Å². The second-order valence-corrected chi connectivity index (χ2v) is 26.2. The molecule has 0 bridgehead atoms. The summed E-state index contributed by atoms with van der Waals surface area (Å²) in [5.74, 6) is 1.80. The number of hydrogen-bond donors (Lipinski definition) is 5. The zero-order valence-corrected chi connectivity index (χ0v) is 53.3. The molecule has 0 atom stereocenters. The first-order chi connectivity index (χ1) is 44.1. The summed E-state index contributed by atoms with van der Waals surface area (Å²) in [5, 5.41) is 3.47. The maximum atomic E-state index is 12.9. The minimum atomic E-state index is -0.618. The van der Waals surface area contributed by atoms with Crippen LogP contribution in [0.5, 0.6) is 0 Å². The van der Waals surface area contributed by atoms with E-state index in [2.05, 4.69) is 195 Å². The van der Waals surface area contributed by atoms with Crippen LogP contribution in [0.15, 0.2) is 180 Å². The summed E-state index contributed by atoms with van der Waals surface area (Å²) in [6, 6.07) is 50.3. The van der Waals surface area contributed by atoms with E-state index < -0.39 is 11.1 Å². The first-order valence-corrected chi connectivity index (χ1v) is 31.9. The predicted octanol–water partition coefficient (Wildman–Crippen LogP) is 12.5. The van der Waals surface area contributed by atoms with E-state index in [1.807, 2.05) is 48.7 Å². The van der Waals surface area contributed by atoms with Crippen molar-refractivity contribution in [2.75, 3.05) is 86.4 Å². The van der Waals surface area contributed by atoms with Gasteiger partial charge in [-0.3, -0.25) is 33.9 Å². The Balaban J connectivity index is 0.000000164. The number of fused-ring (bicyclic) bond motifs is 3. The fraction of sp³-hybridized carbons (Fsp3) is 0.324. The smallest absolute Gasteiger partial charge is 0.317 e. The minimum absolute atomic E-state index is 0.110. The van der Waals surface area contributed by atoms with Crippen molar-refractivity contribution in [3.8, 4) is 22.8 Å². The van der Waals surface area contributed by atoms with Crippen molar-refractivity contribution in [1.29, 1.82) is 0 Å². The molecule has 0 spiro atoms. The van der Waals surface area contributed by atoms with E-state index >= 15 is 0 Å². The normalized spacial score (nSPS) is 15.0. The molecule has 91 heavy (non-hydrogen) atoms. The Labute approximate surface area is 532 Å². The molecule has 3 aliphatic heterocycles. The number of piperazine rings is 2. The number of rotatable bonds is 13. The van der Waals surface area contributed by atoms with Crippen molar-refractivity contribution < 1.29 is 4.74 Å². The van der Waals surface area contributed by atoms with Crippen LogP contribution in [0.2, 0.25) is 0 Å². The zero-order chi connectivity index (χ0) is 63.1. The van der Waals surface area contributed by atoms with Crippen LogP contribution in [-0.4, -0.2) is 115 Å². The summed E-state index contributed by atoms with van der Waals surface area (Å²) in [6.45, 7) is 25.5. The van der Waals surface area contributed by atoms with Crippen molar-refractivity contribution >= 4 is 55.8 Å². The Morgan fingerprint density at radius 1 is 0.516 bits per heavy atom. The number of ether oxygens (including phenoxy) is 1. The van der Waals surface area contributed by atoms with Crippen LogP contribution in [0.3, 0.4) is 0 Å². The fourth-order valence-corrected chi connectivity index (χ4v) is 12.2. The standard InChI is InChI=1S/C36H37N7O2.C34H39N7.C4H8O/c1-36(2,3)27-12-10-26(11-13-27)33-38-29-7-4-8-30(32(29)40-33)42-18-16-41(17-19-42)22-24-9-14-28-31(20-24)43(35(45)34(44)39-28)23-25-6-5-15-37-21-25;1-34(2,3)27-12-10-26(11-13-27)33-38-29-7-4-8-31(32(29)39-33)41-18-16-40(17-19-41)23-24-9-14-28(35)30(20-24)37-22-25-6-5-15-36-21-25;1-2-4-5-3-1/h4-15,20-21H,16-19,22-23H2,1-3H3,(H,38,40)(H,39,44);4-15,20-21,37H,16-19,22-23,35H2,1-3H3,(H,38,39);1-4H2. The number of H-pyrrole nitrogens is 3. The summed E-state index contributed by atoms with van der Waals surface area (Å²) in [6.07, 6.45) is 9.63. The number of nitrogens with two attached hydrogens (primary N) is 1. The number of hydrogen-bond acceptors (Lipinski definition) is 13. The molecule has 0 aliphatic carbocycles. The molecule has 17 heteroatoms. The van der Waals surface area contributed by atoms with Gasteiger partial charge in [0.25, 0.3) is 0 Å². The maximum absolute atomic E-state index is 12.9. The molecule has 0 amide bonds. The molecular weight excluding hydrogens is 1130 g/mol. The van der Waals surface area contributed by atoms with Gasteiger partial charge < -0.3 is 40.5 Å². The lowest BCUT2D eigenvalue weighted by Gasteiger charge is -2.36.